The minimum Gasteiger partial charge on any atom is -0.330 e. The van der Waals surface area contributed by atoms with Gasteiger partial charge in [-0.1, -0.05) is 37.6 Å². The minimum atomic E-state index is 0.495. The number of nitrogens with two attached hydrogens (primary N) is 1. The summed E-state index contributed by atoms with van der Waals surface area (Å²) in [6.45, 7) is 2.94. The maximum absolute atomic E-state index is 5.68. The molecule has 2 rings (SSSR count). The lowest BCUT2D eigenvalue weighted by atomic mass is 9.79. The van der Waals surface area contributed by atoms with Gasteiger partial charge in [0.15, 0.2) is 0 Å². The Bertz CT molecular complexity index is 282. The standard InChI is InChI=1S/C13H19N/c1-10(9-14)12-6-3-7-13(8-12)11-4-2-5-11/h3,6-8,10-11H,2,4-5,9,14H2,1H3. The van der Waals surface area contributed by atoms with Gasteiger partial charge in [-0.25, -0.2) is 0 Å². The third-order valence-corrected chi connectivity index (χ3v) is 3.41. The van der Waals surface area contributed by atoms with Gasteiger partial charge in [0, 0.05) is 0 Å². The number of hydrogen-bond donors (Lipinski definition) is 1. The molecule has 1 fully saturated rings. The molecule has 1 aromatic rings. The van der Waals surface area contributed by atoms with Gasteiger partial charge in [0.1, 0.15) is 0 Å². The molecule has 1 aliphatic rings. The van der Waals surface area contributed by atoms with Crippen LogP contribution in [0.3, 0.4) is 0 Å². The van der Waals surface area contributed by atoms with E-state index in [0.717, 1.165) is 12.5 Å². The first-order valence-corrected chi connectivity index (χ1v) is 5.61. The summed E-state index contributed by atoms with van der Waals surface area (Å²) < 4.78 is 0. The first-order chi connectivity index (χ1) is 6.81. The van der Waals surface area contributed by atoms with Gasteiger partial charge in [0.2, 0.25) is 0 Å². The quantitative estimate of drug-likeness (QED) is 0.777. The number of rotatable bonds is 3. The van der Waals surface area contributed by atoms with Gasteiger partial charge in [-0.3, -0.25) is 0 Å². The Kier molecular flexibility index (Phi) is 2.87. The smallest absolute Gasteiger partial charge is 0.00109 e. The van der Waals surface area contributed by atoms with Crippen molar-refractivity contribution in [2.75, 3.05) is 6.54 Å². The molecule has 1 aliphatic carbocycles. The van der Waals surface area contributed by atoms with Gasteiger partial charge < -0.3 is 5.73 Å². The Balaban J connectivity index is 2.17. The van der Waals surface area contributed by atoms with Crippen LogP contribution in [0.25, 0.3) is 0 Å². The minimum absolute atomic E-state index is 0.495. The van der Waals surface area contributed by atoms with Crippen LogP contribution < -0.4 is 5.73 Å². The molecule has 1 atom stereocenters. The molecule has 0 aliphatic heterocycles. The van der Waals surface area contributed by atoms with E-state index in [-0.39, 0.29) is 0 Å². The van der Waals surface area contributed by atoms with Gasteiger partial charge in [-0.2, -0.15) is 0 Å². The van der Waals surface area contributed by atoms with E-state index in [0.29, 0.717) is 5.92 Å². The maximum atomic E-state index is 5.68. The van der Waals surface area contributed by atoms with Crippen LogP contribution in [0.5, 0.6) is 0 Å². The lowest BCUT2D eigenvalue weighted by Crippen LogP contribution is -2.11. The zero-order valence-electron chi connectivity index (χ0n) is 8.87. The van der Waals surface area contributed by atoms with Crippen LogP contribution in [0.15, 0.2) is 24.3 Å². The lowest BCUT2D eigenvalue weighted by Gasteiger charge is -2.26. The number of benzene rings is 1. The Hall–Kier alpha value is -0.820. The van der Waals surface area contributed by atoms with Crippen LogP contribution in [0.2, 0.25) is 0 Å². The predicted molar refractivity (Wildman–Crippen MR) is 60.5 cm³/mol. The number of hydrogen-bond acceptors (Lipinski definition) is 1. The molecule has 1 heteroatoms. The fourth-order valence-electron chi connectivity index (χ4n) is 2.00. The SMILES string of the molecule is CC(CN)c1cccc(C2CCC2)c1. The van der Waals surface area contributed by atoms with Crippen molar-refractivity contribution in [3.8, 4) is 0 Å². The normalized spacial score (nSPS) is 19.0. The summed E-state index contributed by atoms with van der Waals surface area (Å²) in [6, 6.07) is 8.98. The molecular formula is C13H19N. The molecule has 1 aromatic carbocycles. The van der Waals surface area contributed by atoms with E-state index in [9.17, 15) is 0 Å². The summed E-state index contributed by atoms with van der Waals surface area (Å²) in [7, 11) is 0. The molecule has 2 N–H and O–H groups in total. The second-order valence-electron chi connectivity index (χ2n) is 4.43. The highest BCUT2D eigenvalue weighted by Gasteiger charge is 2.19. The summed E-state index contributed by atoms with van der Waals surface area (Å²) >= 11 is 0. The molecule has 0 amide bonds. The first-order valence-electron chi connectivity index (χ1n) is 5.61. The molecule has 0 aromatic heterocycles. The lowest BCUT2D eigenvalue weighted by molar-refractivity contribution is 0.419. The van der Waals surface area contributed by atoms with Crippen molar-refractivity contribution < 1.29 is 0 Å². The van der Waals surface area contributed by atoms with Gasteiger partial charge >= 0.3 is 0 Å². The van der Waals surface area contributed by atoms with Gasteiger partial charge in [0.25, 0.3) is 0 Å². The third-order valence-electron chi connectivity index (χ3n) is 3.41. The van der Waals surface area contributed by atoms with Gasteiger partial charge in [-0.15, -0.1) is 0 Å². The molecule has 0 spiro atoms. The summed E-state index contributed by atoms with van der Waals surface area (Å²) in [5.74, 6) is 1.33. The zero-order chi connectivity index (χ0) is 9.97. The van der Waals surface area contributed by atoms with Crippen LogP contribution in [0.1, 0.15) is 49.1 Å². The average molecular weight is 189 g/mol. The van der Waals surface area contributed by atoms with Crippen molar-refractivity contribution in [2.24, 2.45) is 5.73 Å². The zero-order valence-corrected chi connectivity index (χ0v) is 8.87. The molecule has 14 heavy (non-hydrogen) atoms. The summed E-state index contributed by atoms with van der Waals surface area (Å²) in [5, 5.41) is 0. The van der Waals surface area contributed by atoms with Crippen molar-refractivity contribution in [1.29, 1.82) is 0 Å². The topological polar surface area (TPSA) is 26.0 Å². The molecular weight excluding hydrogens is 170 g/mol. The highest BCUT2D eigenvalue weighted by Crippen LogP contribution is 2.36. The van der Waals surface area contributed by atoms with E-state index in [4.69, 9.17) is 5.73 Å². The molecule has 1 nitrogen and oxygen atoms in total. The van der Waals surface area contributed by atoms with Crippen LogP contribution in [0, 0.1) is 0 Å². The van der Waals surface area contributed by atoms with Gasteiger partial charge in [-0.05, 0) is 42.3 Å². The van der Waals surface area contributed by atoms with E-state index in [2.05, 4.69) is 31.2 Å². The van der Waals surface area contributed by atoms with E-state index < -0.39 is 0 Å². The Morgan fingerprint density at radius 3 is 2.79 bits per heavy atom. The third kappa shape index (κ3) is 1.83. The second-order valence-corrected chi connectivity index (χ2v) is 4.43. The second kappa shape index (κ2) is 4.14. The largest absolute Gasteiger partial charge is 0.330 e. The molecule has 0 saturated heterocycles. The van der Waals surface area contributed by atoms with Crippen molar-refractivity contribution in [3.63, 3.8) is 0 Å². The van der Waals surface area contributed by atoms with Crippen LogP contribution in [-0.4, -0.2) is 6.54 Å². The van der Waals surface area contributed by atoms with Crippen molar-refractivity contribution >= 4 is 0 Å². The summed E-state index contributed by atoms with van der Waals surface area (Å²) in [6.07, 6.45) is 4.16. The Labute approximate surface area is 86.3 Å². The van der Waals surface area contributed by atoms with Gasteiger partial charge in [0.05, 0.1) is 0 Å². The average Bonchev–Trinajstić information content (AvgIpc) is 2.14. The Morgan fingerprint density at radius 2 is 2.21 bits per heavy atom. The maximum Gasteiger partial charge on any atom is -0.00109 e. The van der Waals surface area contributed by atoms with Crippen LogP contribution >= 0.6 is 0 Å². The van der Waals surface area contributed by atoms with Crippen molar-refractivity contribution in [2.45, 2.75) is 38.0 Å². The fraction of sp³-hybridized carbons (Fsp3) is 0.538. The monoisotopic (exact) mass is 189 g/mol. The van der Waals surface area contributed by atoms with Crippen molar-refractivity contribution in [1.82, 2.24) is 0 Å². The van der Waals surface area contributed by atoms with E-state index in [1.54, 1.807) is 0 Å². The molecule has 76 valence electrons. The first kappa shape index (κ1) is 9.72. The summed E-state index contributed by atoms with van der Waals surface area (Å²) in [4.78, 5) is 0. The van der Waals surface area contributed by atoms with Crippen LogP contribution in [-0.2, 0) is 0 Å². The predicted octanol–water partition coefficient (Wildman–Crippen LogP) is 3.02. The highest BCUT2D eigenvalue weighted by atomic mass is 14.5. The Morgan fingerprint density at radius 1 is 1.43 bits per heavy atom. The molecule has 0 bridgehead atoms. The highest BCUT2D eigenvalue weighted by molar-refractivity contribution is 5.29. The van der Waals surface area contributed by atoms with E-state index >= 15 is 0 Å². The molecule has 1 saturated carbocycles. The van der Waals surface area contributed by atoms with E-state index in [1.807, 2.05) is 0 Å². The fourth-order valence-corrected chi connectivity index (χ4v) is 2.00. The van der Waals surface area contributed by atoms with Crippen molar-refractivity contribution in [3.05, 3.63) is 35.4 Å². The molecule has 0 radical (unpaired) electrons. The van der Waals surface area contributed by atoms with Crippen LogP contribution in [0.4, 0.5) is 0 Å². The molecule has 0 heterocycles. The summed E-state index contributed by atoms with van der Waals surface area (Å²) in [5.41, 5.74) is 8.60. The molecule has 1 unspecified atom stereocenters. The van der Waals surface area contributed by atoms with E-state index in [1.165, 1.54) is 30.4 Å².